The molecular weight excluding hydrogens is 368 g/mol. The Bertz CT molecular complexity index is 943. The van der Waals surface area contributed by atoms with E-state index in [0.29, 0.717) is 17.7 Å². The molecule has 0 bridgehead atoms. The monoisotopic (exact) mass is 390 g/mol. The number of methoxy groups -OCH3 is 1. The van der Waals surface area contributed by atoms with Crippen LogP contribution in [-0.2, 0) is 16.0 Å². The maximum Gasteiger partial charge on any atom is 0.311 e. The summed E-state index contributed by atoms with van der Waals surface area (Å²) in [7, 11) is 1.45. The fraction of sp³-hybridized carbons (Fsp3) is 0.174. The highest BCUT2D eigenvalue weighted by molar-refractivity contribution is 6.01. The van der Waals surface area contributed by atoms with Crippen LogP contribution in [-0.4, -0.2) is 25.5 Å². The molecule has 0 atom stereocenters. The number of rotatable bonds is 9. The predicted molar refractivity (Wildman–Crippen MR) is 110 cm³/mol. The van der Waals surface area contributed by atoms with E-state index < -0.39 is 5.91 Å². The van der Waals surface area contributed by atoms with E-state index in [1.54, 1.807) is 18.2 Å². The topological polar surface area (TPSA) is 88.4 Å². The van der Waals surface area contributed by atoms with Crippen molar-refractivity contribution >= 4 is 18.0 Å². The molecule has 0 saturated carbocycles. The number of nitriles is 1. The summed E-state index contributed by atoms with van der Waals surface area (Å²) in [6.07, 6.45) is 3.77. The molecule has 0 aliphatic carbocycles. The summed E-state index contributed by atoms with van der Waals surface area (Å²) in [6, 6.07) is 16.3. The van der Waals surface area contributed by atoms with Gasteiger partial charge in [0, 0.05) is 13.0 Å². The molecule has 2 aromatic rings. The average molecular weight is 390 g/mol. The molecule has 2 aromatic carbocycles. The molecule has 0 aromatic heterocycles. The van der Waals surface area contributed by atoms with E-state index in [4.69, 9.17) is 9.47 Å². The molecule has 2 rings (SSSR count). The zero-order valence-electron chi connectivity index (χ0n) is 16.2. The molecule has 0 aliphatic rings. The van der Waals surface area contributed by atoms with Gasteiger partial charge in [0.25, 0.3) is 5.91 Å². The lowest BCUT2D eigenvalue weighted by atomic mass is 10.1. The van der Waals surface area contributed by atoms with Crippen molar-refractivity contribution < 1.29 is 19.1 Å². The first-order valence-electron chi connectivity index (χ1n) is 9.01. The minimum atomic E-state index is -0.497. The van der Waals surface area contributed by atoms with Crippen LogP contribution in [0.25, 0.3) is 6.08 Å². The van der Waals surface area contributed by atoms with Crippen LogP contribution >= 0.6 is 0 Å². The largest absolute Gasteiger partial charge is 0.493 e. The summed E-state index contributed by atoms with van der Waals surface area (Å²) in [5.74, 6) is -0.271. The van der Waals surface area contributed by atoms with Crippen LogP contribution in [0.5, 0.6) is 11.5 Å². The van der Waals surface area contributed by atoms with Crippen LogP contribution in [0.1, 0.15) is 17.5 Å². The molecule has 1 amide bonds. The standard InChI is InChI=1S/C23H22N2O4/c1-3-13-25-23(27)19(16-24)14-18-9-11-20(21(15-18)28-2)29-22(26)12-10-17-7-5-4-6-8-17/h3-9,11,14-15H,1,10,12-13H2,2H3,(H,25,27). The third-order valence-electron chi connectivity index (χ3n) is 3.96. The third-order valence-corrected chi connectivity index (χ3v) is 3.96. The second-order valence-electron chi connectivity index (χ2n) is 6.04. The maximum absolute atomic E-state index is 12.2. The normalized spacial score (nSPS) is 10.6. The van der Waals surface area contributed by atoms with E-state index in [-0.39, 0.29) is 30.3 Å². The van der Waals surface area contributed by atoms with Gasteiger partial charge in [-0.1, -0.05) is 42.5 Å². The molecule has 6 nitrogen and oxygen atoms in total. The number of esters is 1. The molecule has 0 fully saturated rings. The van der Waals surface area contributed by atoms with Gasteiger partial charge in [-0.05, 0) is 35.8 Å². The summed E-state index contributed by atoms with van der Waals surface area (Å²) in [5.41, 5.74) is 1.56. The lowest BCUT2D eigenvalue weighted by Crippen LogP contribution is -2.24. The Hall–Kier alpha value is -3.85. The van der Waals surface area contributed by atoms with Crippen molar-refractivity contribution in [2.75, 3.05) is 13.7 Å². The fourth-order valence-electron chi connectivity index (χ4n) is 2.50. The van der Waals surface area contributed by atoms with Gasteiger partial charge in [-0.3, -0.25) is 9.59 Å². The molecule has 29 heavy (non-hydrogen) atoms. The number of nitrogens with one attached hydrogen (secondary N) is 1. The van der Waals surface area contributed by atoms with E-state index in [1.165, 1.54) is 19.3 Å². The van der Waals surface area contributed by atoms with Crippen molar-refractivity contribution in [2.45, 2.75) is 12.8 Å². The summed E-state index contributed by atoms with van der Waals surface area (Å²) in [5, 5.41) is 11.8. The van der Waals surface area contributed by atoms with E-state index in [0.717, 1.165) is 5.56 Å². The van der Waals surface area contributed by atoms with Gasteiger partial charge < -0.3 is 14.8 Å². The molecule has 0 spiro atoms. The third kappa shape index (κ3) is 6.67. The Kier molecular flexibility index (Phi) is 8.21. The minimum Gasteiger partial charge on any atom is -0.493 e. The first kappa shape index (κ1) is 21.5. The Morgan fingerprint density at radius 3 is 2.59 bits per heavy atom. The van der Waals surface area contributed by atoms with Gasteiger partial charge in [0.05, 0.1) is 7.11 Å². The smallest absolute Gasteiger partial charge is 0.311 e. The van der Waals surface area contributed by atoms with Crippen molar-refractivity contribution in [3.63, 3.8) is 0 Å². The molecule has 0 aliphatic heterocycles. The molecular formula is C23H22N2O4. The van der Waals surface area contributed by atoms with Crippen molar-refractivity contribution in [1.82, 2.24) is 5.32 Å². The SMILES string of the molecule is C=CCNC(=O)C(C#N)=Cc1ccc(OC(=O)CCc2ccccc2)c(OC)c1. The second-order valence-corrected chi connectivity index (χ2v) is 6.04. The summed E-state index contributed by atoms with van der Waals surface area (Å²) in [4.78, 5) is 24.1. The fourth-order valence-corrected chi connectivity index (χ4v) is 2.50. The van der Waals surface area contributed by atoms with Crippen molar-refractivity contribution in [2.24, 2.45) is 0 Å². The van der Waals surface area contributed by atoms with E-state index >= 15 is 0 Å². The number of aryl methyl sites for hydroxylation is 1. The van der Waals surface area contributed by atoms with Gasteiger partial charge >= 0.3 is 5.97 Å². The molecule has 1 N–H and O–H groups in total. The Labute approximate surface area is 170 Å². The zero-order chi connectivity index (χ0) is 21.1. The van der Waals surface area contributed by atoms with E-state index in [1.807, 2.05) is 36.4 Å². The molecule has 0 unspecified atom stereocenters. The minimum absolute atomic E-state index is 0.0542. The Morgan fingerprint density at radius 2 is 1.93 bits per heavy atom. The molecule has 0 saturated heterocycles. The van der Waals surface area contributed by atoms with Gasteiger partial charge in [-0.25, -0.2) is 0 Å². The predicted octanol–water partition coefficient (Wildman–Crippen LogP) is 3.44. The highest BCUT2D eigenvalue weighted by Crippen LogP contribution is 2.29. The molecule has 0 heterocycles. The van der Waals surface area contributed by atoms with Gasteiger partial charge in [-0.15, -0.1) is 6.58 Å². The van der Waals surface area contributed by atoms with Crippen LogP contribution < -0.4 is 14.8 Å². The Balaban J connectivity index is 2.08. The molecule has 6 heteroatoms. The summed E-state index contributed by atoms with van der Waals surface area (Å²) in [6.45, 7) is 3.78. The average Bonchev–Trinajstić information content (AvgIpc) is 2.75. The first-order chi connectivity index (χ1) is 14.1. The van der Waals surface area contributed by atoms with Crippen molar-refractivity contribution in [1.29, 1.82) is 5.26 Å². The maximum atomic E-state index is 12.2. The number of carbonyl (C=O) groups is 2. The highest BCUT2D eigenvalue weighted by Gasteiger charge is 2.13. The van der Waals surface area contributed by atoms with Crippen molar-refractivity contribution in [3.05, 3.63) is 77.9 Å². The number of hydrogen-bond donors (Lipinski definition) is 1. The number of carbonyl (C=O) groups excluding carboxylic acids is 2. The van der Waals surface area contributed by atoms with Gasteiger partial charge in [0.2, 0.25) is 0 Å². The Morgan fingerprint density at radius 1 is 1.17 bits per heavy atom. The zero-order valence-corrected chi connectivity index (χ0v) is 16.2. The number of benzene rings is 2. The first-order valence-corrected chi connectivity index (χ1v) is 9.01. The molecule has 0 radical (unpaired) electrons. The van der Waals surface area contributed by atoms with Crippen LogP contribution in [0.3, 0.4) is 0 Å². The van der Waals surface area contributed by atoms with Crippen LogP contribution in [0.2, 0.25) is 0 Å². The van der Waals surface area contributed by atoms with Crippen LogP contribution in [0, 0.1) is 11.3 Å². The van der Waals surface area contributed by atoms with Gasteiger partial charge in [0.1, 0.15) is 11.6 Å². The number of hydrogen-bond acceptors (Lipinski definition) is 5. The van der Waals surface area contributed by atoms with E-state index in [9.17, 15) is 14.9 Å². The number of ether oxygens (including phenoxy) is 2. The number of amides is 1. The summed E-state index contributed by atoms with van der Waals surface area (Å²) >= 11 is 0. The lowest BCUT2D eigenvalue weighted by Gasteiger charge is -2.10. The molecule has 148 valence electrons. The second kappa shape index (κ2) is 11.1. The lowest BCUT2D eigenvalue weighted by molar-refractivity contribution is -0.134. The van der Waals surface area contributed by atoms with Crippen LogP contribution in [0.4, 0.5) is 0 Å². The van der Waals surface area contributed by atoms with Crippen molar-refractivity contribution in [3.8, 4) is 17.6 Å². The number of nitrogens with zero attached hydrogens (tertiary/aromatic N) is 1. The van der Waals surface area contributed by atoms with Gasteiger partial charge in [-0.2, -0.15) is 5.26 Å². The quantitative estimate of drug-likeness (QED) is 0.233. The van der Waals surface area contributed by atoms with Crippen LogP contribution in [0.15, 0.2) is 66.8 Å². The summed E-state index contributed by atoms with van der Waals surface area (Å²) < 4.78 is 10.7. The van der Waals surface area contributed by atoms with E-state index in [2.05, 4.69) is 11.9 Å². The van der Waals surface area contributed by atoms with Gasteiger partial charge in [0.15, 0.2) is 11.5 Å². The highest BCUT2D eigenvalue weighted by atomic mass is 16.6.